The Morgan fingerprint density at radius 3 is 3.14 bits per heavy atom. The molecule has 0 aromatic carbocycles. The van der Waals surface area contributed by atoms with E-state index in [1.54, 1.807) is 23.4 Å². The summed E-state index contributed by atoms with van der Waals surface area (Å²) in [6, 6.07) is 1.65. The van der Waals surface area contributed by atoms with Gasteiger partial charge in [-0.25, -0.2) is 0 Å². The van der Waals surface area contributed by atoms with E-state index in [0.29, 0.717) is 24.2 Å². The molecule has 1 amide bonds. The molecule has 1 saturated heterocycles. The van der Waals surface area contributed by atoms with Crippen molar-refractivity contribution in [3.63, 3.8) is 0 Å². The largest absolute Gasteiger partial charge is 0.394 e. The van der Waals surface area contributed by atoms with Gasteiger partial charge < -0.3 is 20.5 Å². The second kappa shape index (κ2) is 7.18. The first-order chi connectivity index (χ1) is 10.2. The van der Waals surface area contributed by atoms with Gasteiger partial charge in [-0.1, -0.05) is 11.8 Å². The molecular weight excluding hydrogens is 270 g/mol. The average Bonchev–Trinajstić information content (AvgIpc) is 2.51. The van der Waals surface area contributed by atoms with Gasteiger partial charge in [0.2, 0.25) is 0 Å². The maximum Gasteiger partial charge on any atom is 0.255 e. The van der Waals surface area contributed by atoms with Gasteiger partial charge in [0.15, 0.2) is 0 Å². The van der Waals surface area contributed by atoms with Crippen LogP contribution in [0.15, 0.2) is 18.5 Å². The third-order valence-corrected chi connectivity index (χ3v) is 3.19. The highest BCUT2D eigenvalue weighted by atomic mass is 16.5. The summed E-state index contributed by atoms with van der Waals surface area (Å²) in [5, 5.41) is 9.24. The van der Waals surface area contributed by atoms with Crippen LogP contribution >= 0.6 is 0 Å². The minimum atomic E-state index is -0.349. The lowest BCUT2D eigenvalue weighted by Gasteiger charge is -2.36. The Labute approximate surface area is 123 Å². The van der Waals surface area contributed by atoms with Crippen molar-refractivity contribution >= 4 is 5.91 Å². The standard InChI is InChI=1S/C15H19N3O3/c1-11-8-18(9-13(10-19)21-11)15(20)14-4-6-17-7-12(14)3-2-5-16/h4,6-7,11,13,19H,5,8-10,16H2,1H3. The van der Waals surface area contributed by atoms with E-state index < -0.39 is 0 Å². The molecule has 1 aliphatic rings. The zero-order valence-electron chi connectivity index (χ0n) is 12.0. The van der Waals surface area contributed by atoms with E-state index in [-0.39, 0.29) is 31.3 Å². The Bertz CT molecular complexity index is 565. The minimum absolute atomic E-state index is 0.107. The maximum absolute atomic E-state index is 12.7. The van der Waals surface area contributed by atoms with Crippen molar-refractivity contribution in [3.05, 3.63) is 29.6 Å². The van der Waals surface area contributed by atoms with E-state index in [2.05, 4.69) is 16.8 Å². The Hall–Kier alpha value is -1.94. The third kappa shape index (κ3) is 3.79. The summed E-state index contributed by atoms with van der Waals surface area (Å²) in [5.41, 5.74) is 6.43. The lowest BCUT2D eigenvalue weighted by Crippen LogP contribution is -2.50. The van der Waals surface area contributed by atoms with Gasteiger partial charge in [0, 0.05) is 25.5 Å². The Balaban J connectivity index is 2.23. The zero-order chi connectivity index (χ0) is 15.2. The summed E-state index contributed by atoms with van der Waals surface area (Å²) in [6.45, 7) is 2.85. The molecule has 0 spiro atoms. The Morgan fingerprint density at radius 1 is 1.62 bits per heavy atom. The summed E-state index contributed by atoms with van der Waals surface area (Å²) in [5.74, 6) is 5.47. The molecule has 6 nitrogen and oxygen atoms in total. The minimum Gasteiger partial charge on any atom is -0.394 e. The summed E-state index contributed by atoms with van der Waals surface area (Å²) in [4.78, 5) is 18.3. The molecule has 112 valence electrons. The molecule has 21 heavy (non-hydrogen) atoms. The molecule has 0 bridgehead atoms. The fourth-order valence-corrected chi connectivity index (χ4v) is 2.31. The molecule has 0 saturated carbocycles. The van der Waals surface area contributed by atoms with Crippen LogP contribution < -0.4 is 5.73 Å². The molecular formula is C15H19N3O3. The lowest BCUT2D eigenvalue weighted by molar-refractivity contribution is -0.0858. The molecule has 2 unspecified atom stereocenters. The van der Waals surface area contributed by atoms with Crippen LogP contribution in [0.3, 0.4) is 0 Å². The smallest absolute Gasteiger partial charge is 0.255 e. The number of pyridine rings is 1. The van der Waals surface area contributed by atoms with Crippen molar-refractivity contribution in [1.82, 2.24) is 9.88 Å². The van der Waals surface area contributed by atoms with Crippen LogP contribution in [0.5, 0.6) is 0 Å². The number of aliphatic hydroxyl groups excluding tert-OH is 1. The second-order valence-electron chi connectivity index (χ2n) is 4.89. The first-order valence-corrected chi connectivity index (χ1v) is 6.84. The summed E-state index contributed by atoms with van der Waals surface area (Å²) in [7, 11) is 0. The number of hydrogen-bond donors (Lipinski definition) is 2. The van der Waals surface area contributed by atoms with Crippen molar-refractivity contribution in [1.29, 1.82) is 0 Å². The Kier molecular flexibility index (Phi) is 5.28. The number of rotatable bonds is 2. The van der Waals surface area contributed by atoms with Crippen LogP contribution in [0.1, 0.15) is 22.8 Å². The van der Waals surface area contributed by atoms with E-state index in [1.165, 1.54) is 0 Å². The van der Waals surface area contributed by atoms with Gasteiger partial charge in [-0.05, 0) is 13.0 Å². The van der Waals surface area contributed by atoms with Crippen LogP contribution in [0.2, 0.25) is 0 Å². The van der Waals surface area contributed by atoms with E-state index in [0.717, 1.165) is 0 Å². The number of ether oxygens (including phenoxy) is 1. The van der Waals surface area contributed by atoms with Gasteiger partial charge in [-0.15, -0.1) is 0 Å². The first kappa shape index (κ1) is 15.4. The Morgan fingerprint density at radius 2 is 2.43 bits per heavy atom. The predicted octanol–water partition coefficient (Wildman–Crippen LogP) is -0.386. The van der Waals surface area contributed by atoms with Crippen molar-refractivity contribution < 1.29 is 14.6 Å². The topological polar surface area (TPSA) is 88.7 Å². The van der Waals surface area contributed by atoms with Crippen LogP contribution in [-0.2, 0) is 4.74 Å². The molecule has 0 radical (unpaired) electrons. The van der Waals surface area contributed by atoms with E-state index in [9.17, 15) is 9.90 Å². The molecule has 1 fully saturated rings. The normalized spacial score (nSPS) is 21.6. The van der Waals surface area contributed by atoms with Gasteiger partial charge >= 0.3 is 0 Å². The number of nitrogens with two attached hydrogens (primary N) is 1. The van der Waals surface area contributed by atoms with Crippen LogP contribution in [0.4, 0.5) is 0 Å². The number of nitrogens with zero attached hydrogens (tertiary/aromatic N) is 2. The van der Waals surface area contributed by atoms with Crippen molar-refractivity contribution in [2.24, 2.45) is 5.73 Å². The van der Waals surface area contributed by atoms with Crippen LogP contribution in [-0.4, -0.2) is 59.3 Å². The SMILES string of the molecule is CC1CN(C(=O)c2ccncc2C#CCN)CC(CO)O1. The molecule has 0 aliphatic carbocycles. The number of hydrogen-bond acceptors (Lipinski definition) is 5. The monoisotopic (exact) mass is 289 g/mol. The van der Waals surface area contributed by atoms with E-state index in [1.807, 2.05) is 6.92 Å². The number of amides is 1. The molecule has 6 heteroatoms. The second-order valence-corrected chi connectivity index (χ2v) is 4.89. The number of aliphatic hydroxyl groups is 1. The van der Waals surface area contributed by atoms with Gasteiger partial charge in [0.1, 0.15) is 0 Å². The quantitative estimate of drug-likeness (QED) is 0.724. The molecule has 2 heterocycles. The lowest BCUT2D eigenvalue weighted by atomic mass is 10.1. The van der Waals surface area contributed by atoms with E-state index >= 15 is 0 Å². The maximum atomic E-state index is 12.7. The highest BCUT2D eigenvalue weighted by Crippen LogP contribution is 2.16. The number of carbonyl (C=O) groups is 1. The molecule has 2 atom stereocenters. The summed E-state index contributed by atoms with van der Waals surface area (Å²) < 4.78 is 5.55. The van der Waals surface area contributed by atoms with Crippen LogP contribution in [0, 0.1) is 11.8 Å². The molecule has 1 aliphatic heterocycles. The number of carbonyl (C=O) groups excluding carboxylic acids is 1. The molecule has 1 aromatic heterocycles. The molecule has 3 N–H and O–H groups in total. The predicted molar refractivity (Wildman–Crippen MR) is 77.5 cm³/mol. The van der Waals surface area contributed by atoms with Gasteiger partial charge in [0.05, 0.1) is 36.5 Å². The van der Waals surface area contributed by atoms with Crippen molar-refractivity contribution in [2.45, 2.75) is 19.1 Å². The van der Waals surface area contributed by atoms with E-state index in [4.69, 9.17) is 10.5 Å². The van der Waals surface area contributed by atoms with Gasteiger partial charge in [0.25, 0.3) is 5.91 Å². The number of morpholine rings is 1. The number of aromatic nitrogens is 1. The van der Waals surface area contributed by atoms with Crippen molar-refractivity contribution in [3.8, 4) is 11.8 Å². The highest BCUT2D eigenvalue weighted by Gasteiger charge is 2.29. The molecule has 2 rings (SSSR count). The fraction of sp³-hybridized carbons (Fsp3) is 0.467. The summed E-state index contributed by atoms with van der Waals surface area (Å²) in [6.07, 6.45) is 2.66. The van der Waals surface area contributed by atoms with Crippen molar-refractivity contribution in [2.75, 3.05) is 26.2 Å². The summed E-state index contributed by atoms with van der Waals surface area (Å²) >= 11 is 0. The highest BCUT2D eigenvalue weighted by molar-refractivity contribution is 5.96. The average molecular weight is 289 g/mol. The van der Waals surface area contributed by atoms with Gasteiger partial charge in [-0.3, -0.25) is 9.78 Å². The third-order valence-electron chi connectivity index (χ3n) is 3.19. The zero-order valence-corrected chi connectivity index (χ0v) is 12.0. The first-order valence-electron chi connectivity index (χ1n) is 6.84. The van der Waals surface area contributed by atoms with Gasteiger partial charge in [-0.2, -0.15) is 0 Å². The van der Waals surface area contributed by atoms with Crippen LogP contribution in [0.25, 0.3) is 0 Å². The molecule has 1 aromatic rings. The fourth-order valence-electron chi connectivity index (χ4n) is 2.31.